The van der Waals surface area contributed by atoms with Gasteiger partial charge in [-0.3, -0.25) is 0 Å². The Morgan fingerprint density at radius 3 is 1.78 bits per heavy atom. The molecular weight excluding hydrogens is 637 g/mol. The average Bonchev–Trinajstić information content (AvgIpc) is 3.69. The van der Waals surface area contributed by atoms with Crippen LogP contribution >= 0.6 is 11.3 Å². The molecule has 0 bridgehead atoms. The van der Waals surface area contributed by atoms with Crippen molar-refractivity contribution in [2.24, 2.45) is 0 Å². The standard InChI is InChI=1S/C48H30N2S/c1-2-14-33(15-3-1)49-43-21-8-4-17-35(43)39-29-41-37-19-6-10-23-45(37)50(46(41)30-40(39)36-18-5-9-22-44(36)49)34-16-12-13-31(27-34)32-25-26-48-42(28-32)38-20-7-11-24-47(38)51-48/h1-30H. The van der Waals surface area contributed by atoms with E-state index in [0.29, 0.717) is 0 Å². The molecule has 51 heavy (non-hydrogen) atoms. The normalized spacial score (nSPS) is 12.3. The zero-order chi connectivity index (χ0) is 33.5. The molecule has 0 atom stereocenters. The van der Waals surface area contributed by atoms with E-state index in [9.17, 15) is 0 Å². The molecule has 1 aliphatic heterocycles. The van der Waals surface area contributed by atoms with E-state index < -0.39 is 0 Å². The smallest absolute Gasteiger partial charge is 0.0547 e. The van der Waals surface area contributed by atoms with E-state index in [0.717, 1.165) is 11.4 Å². The van der Waals surface area contributed by atoms with Gasteiger partial charge >= 0.3 is 0 Å². The number of nitrogens with zero attached hydrogens (tertiary/aromatic N) is 2. The Balaban J connectivity index is 1.16. The number of fused-ring (bicyclic) bond motifs is 11. The second-order valence-corrected chi connectivity index (χ2v) is 14.4. The molecule has 0 aliphatic carbocycles. The molecule has 0 saturated carbocycles. The van der Waals surface area contributed by atoms with Gasteiger partial charge in [-0.25, -0.2) is 0 Å². The maximum Gasteiger partial charge on any atom is 0.0547 e. The first kappa shape index (κ1) is 28.4. The molecule has 3 heteroatoms. The summed E-state index contributed by atoms with van der Waals surface area (Å²) in [7, 11) is 0. The van der Waals surface area contributed by atoms with Gasteiger partial charge in [0.25, 0.3) is 0 Å². The predicted octanol–water partition coefficient (Wildman–Crippen LogP) is 13.9. The van der Waals surface area contributed by atoms with Crippen LogP contribution in [0, 0.1) is 0 Å². The first-order valence-corrected chi connectivity index (χ1v) is 18.3. The number of hydrogen-bond donors (Lipinski definition) is 0. The van der Waals surface area contributed by atoms with Crippen molar-refractivity contribution in [2.45, 2.75) is 0 Å². The molecule has 0 fully saturated rings. The van der Waals surface area contributed by atoms with Gasteiger partial charge in [0.2, 0.25) is 0 Å². The molecule has 3 heterocycles. The molecule has 0 N–H and O–H groups in total. The number of rotatable bonds is 3. The first-order valence-electron chi connectivity index (χ1n) is 17.4. The van der Waals surface area contributed by atoms with Gasteiger partial charge in [-0.05, 0) is 95.1 Å². The van der Waals surface area contributed by atoms with Gasteiger partial charge in [-0.1, -0.05) is 109 Å². The SMILES string of the molecule is c1ccc(N2c3ccccc3-c3cc4c5ccccc5n(-c5cccc(-c6ccc7sc8ccccc8c7c6)c5)c4cc3-c3ccccc32)cc1. The molecule has 0 unspecified atom stereocenters. The summed E-state index contributed by atoms with van der Waals surface area (Å²) in [5.74, 6) is 0. The Hall–Kier alpha value is -6.42. The fraction of sp³-hybridized carbons (Fsp3) is 0. The van der Waals surface area contributed by atoms with Crippen LogP contribution in [0.3, 0.4) is 0 Å². The minimum absolute atomic E-state index is 1.15. The zero-order valence-electron chi connectivity index (χ0n) is 27.6. The predicted molar refractivity (Wildman–Crippen MR) is 218 cm³/mol. The Kier molecular flexibility index (Phi) is 6.16. The van der Waals surface area contributed by atoms with Crippen LogP contribution in [0.15, 0.2) is 182 Å². The minimum atomic E-state index is 1.15. The van der Waals surface area contributed by atoms with Crippen LogP contribution in [0.5, 0.6) is 0 Å². The Morgan fingerprint density at radius 1 is 0.333 bits per heavy atom. The molecule has 8 aromatic carbocycles. The fourth-order valence-corrected chi connectivity index (χ4v) is 9.33. The van der Waals surface area contributed by atoms with E-state index in [-0.39, 0.29) is 0 Å². The summed E-state index contributed by atoms with van der Waals surface area (Å²) in [6.07, 6.45) is 0. The fourth-order valence-electron chi connectivity index (χ4n) is 8.25. The van der Waals surface area contributed by atoms with Crippen LogP contribution in [0.4, 0.5) is 17.1 Å². The number of anilines is 3. The van der Waals surface area contributed by atoms with Crippen LogP contribution in [-0.2, 0) is 0 Å². The largest absolute Gasteiger partial charge is 0.309 e. The van der Waals surface area contributed by atoms with E-state index in [4.69, 9.17) is 0 Å². The van der Waals surface area contributed by atoms with Crippen LogP contribution < -0.4 is 4.90 Å². The van der Waals surface area contributed by atoms with Crippen molar-refractivity contribution in [2.75, 3.05) is 4.90 Å². The summed E-state index contributed by atoms with van der Waals surface area (Å²) in [5.41, 5.74) is 14.4. The highest BCUT2D eigenvalue weighted by molar-refractivity contribution is 7.25. The third-order valence-electron chi connectivity index (χ3n) is 10.5. The highest BCUT2D eigenvalue weighted by Crippen LogP contribution is 2.52. The maximum absolute atomic E-state index is 2.46. The minimum Gasteiger partial charge on any atom is -0.309 e. The topological polar surface area (TPSA) is 8.17 Å². The van der Waals surface area contributed by atoms with E-state index >= 15 is 0 Å². The van der Waals surface area contributed by atoms with Gasteiger partial charge in [-0.2, -0.15) is 0 Å². The van der Waals surface area contributed by atoms with Crippen molar-refractivity contribution >= 4 is 70.4 Å². The van der Waals surface area contributed by atoms with Crippen molar-refractivity contribution in [3.63, 3.8) is 0 Å². The quantitative estimate of drug-likeness (QED) is 0.182. The van der Waals surface area contributed by atoms with Gasteiger partial charge in [0.1, 0.15) is 0 Å². The van der Waals surface area contributed by atoms with Crippen LogP contribution in [0.25, 0.3) is 81.0 Å². The first-order chi connectivity index (χ1) is 25.3. The van der Waals surface area contributed by atoms with Gasteiger partial charge in [0, 0.05) is 53.4 Å². The Morgan fingerprint density at radius 2 is 0.961 bits per heavy atom. The highest BCUT2D eigenvalue weighted by Gasteiger charge is 2.27. The van der Waals surface area contributed by atoms with Gasteiger partial charge < -0.3 is 9.47 Å². The van der Waals surface area contributed by atoms with Crippen molar-refractivity contribution in [1.29, 1.82) is 0 Å². The monoisotopic (exact) mass is 666 g/mol. The molecule has 238 valence electrons. The van der Waals surface area contributed by atoms with Crippen LogP contribution in [0.1, 0.15) is 0 Å². The number of thiophene rings is 1. The van der Waals surface area contributed by atoms with E-state index in [1.54, 1.807) is 0 Å². The lowest BCUT2D eigenvalue weighted by molar-refractivity contribution is 1.18. The molecule has 10 aromatic rings. The summed E-state index contributed by atoms with van der Waals surface area (Å²) in [6, 6.07) is 66.9. The van der Waals surface area contributed by atoms with Crippen LogP contribution in [0.2, 0.25) is 0 Å². The van der Waals surface area contributed by atoms with Gasteiger partial charge in [0.05, 0.1) is 22.4 Å². The molecule has 0 amide bonds. The molecule has 1 aliphatic rings. The van der Waals surface area contributed by atoms with E-state index in [2.05, 4.69) is 191 Å². The summed E-state index contributed by atoms with van der Waals surface area (Å²) in [5, 5.41) is 5.15. The molecule has 0 radical (unpaired) electrons. The second-order valence-electron chi connectivity index (χ2n) is 13.3. The number of benzene rings is 8. The lowest BCUT2D eigenvalue weighted by Crippen LogP contribution is -2.10. The molecule has 2 aromatic heterocycles. The number of para-hydroxylation sites is 4. The molecule has 2 nitrogen and oxygen atoms in total. The Labute approximate surface area is 299 Å². The van der Waals surface area contributed by atoms with Crippen molar-refractivity contribution in [3.05, 3.63) is 182 Å². The molecule has 0 saturated heterocycles. The molecule has 0 spiro atoms. The van der Waals surface area contributed by atoms with E-state index in [1.165, 1.54) is 86.7 Å². The molecule has 11 rings (SSSR count). The summed E-state index contributed by atoms with van der Waals surface area (Å²) >= 11 is 1.86. The van der Waals surface area contributed by atoms with Gasteiger partial charge in [0.15, 0.2) is 0 Å². The molecular formula is C48H30N2S. The highest BCUT2D eigenvalue weighted by atomic mass is 32.1. The number of hydrogen-bond acceptors (Lipinski definition) is 2. The van der Waals surface area contributed by atoms with E-state index in [1.807, 2.05) is 11.3 Å². The lowest BCUT2D eigenvalue weighted by atomic mass is 9.92. The van der Waals surface area contributed by atoms with Gasteiger partial charge in [-0.15, -0.1) is 11.3 Å². The van der Waals surface area contributed by atoms with Crippen LogP contribution in [-0.4, -0.2) is 4.57 Å². The van der Waals surface area contributed by atoms with Crippen molar-refractivity contribution < 1.29 is 0 Å². The lowest BCUT2D eigenvalue weighted by Gasteiger charge is -2.27. The number of aromatic nitrogens is 1. The van der Waals surface area contributed by atoms with Crippen molar-refractivity contribution in [3.8, 4) is 39.1 Å². The Bertz CT molecular complexity index is 2980. The summed E-state index contributed by atoms with van der Waals surface area (Å²) in [6.45, 7) is 0. The maximum atomic E-state index is 2.46. The average molecular weight is 667 g/mol. The van der Waals surface area contributed by atoms with Crippen molar-refractivity contribution in [1.82, 2.24) is 4.57 Å². The third-order valence-corrected chi connectivity index (χ3v) is 11.7. The zero-order valence-corrected chi connectivity index (χ0v) is 28.4. The summed E-state index contributed by atoms with van der Waals surface area (Å²) < 4.78 is 5.12. The third kappa shape index (κ3) is 4.29. The summed E-state index contributed by atoms with van der Waals surface area (Å²) in [4.78, 5) is 2.42. The second kappa shape index (κ2) is 11.0.